The van der Waals surface area contributed by atoms with Crippen molar-refractivity contribution in [2.45, 2.75) is 11.8 Å². The highest BCUT2D eigenvalue weighted by molar-refractivity contribution is 8.13. The Hall–Kier alpha value is -1.07. The van der Waals surface area contributed by atoms with Crippen LogP contribution in [-0.2, 0) is 13.8 Å². The lowest BCUT2D eigenvalue weighted by Gasteiger charge is -2.05. The molecule has 0 unspecified atom stereocenters. The predicted octanol–water partition coefficient (Wildman–Crippen LogP) is 1.79. The van der Waals surface area contributed by atoms with Gasteiger partial charge < -0.3 is 4.74 Å². The van der Waals surface area contributed by atoms with E-state index in [9.17, 15) is 13.2 Å². The molecule has 0 aliphatic carbocycles. The molecular weight excluding hydrogens is 240 g/mol. The summed E-state index contributed by atoms with van der Waals surface area (Å²) in [5.41, 5.74) is -0.0469. The highest BCUT2D eigenvalue weighted by Crippen LogP contribution is 2.20. The molecule has 0 fully saturated rings. The molecule has 1 rings (SSSR count). The molecule has 0 aromatic heterocycles. The fourth-order valence-corrected chi connectivity index (χ4v) is 2.12. The summed E-state index contributed by atoms with van der Waals surface area (Å²) in [5.74, 6) is -0.697. The van der Waals surface area contributed by atoms with E-state index in [1.165, 1.54) is 24.3 Å². The molecule has 0 aliphatic rings. The maximum absolute atomic E-state index is 11.4. The lowest BCUT2D eigenvalue weighted by molar-refractivity contribution is 0.0522. The van der Waals surface area contributed by atoms with Crippen molar-refractivity contribution >= 4 is 25.7 Å². The molecule has 0 aliphatic heterocycles. The number of ether oxygens (including phenoxy) is 1. The molecule has 0 bridgehead atoms. The second kappa shape index (κ2) is 4.63. The van der Waals surface area contributed by atoms with Crippen molar-refractivity contribution in [3.63, 3.8) is 0 Å². The van der Waals surface area contributed by atoms with Crippen molar-refractivity contribution in [2.24, 2.45) is 0 Å². The maximum Gasteiger partial charge on any atom is 0.339 e. The molecule has 15 heavy (non-hydrogen) atoms. The molecule has 0 heterocycles. The Balaban J connectivity index is 3.25. The van der Waals surface area contributed by atoms with Gasteiger partial charge in [-0.1, -0.05) is 12.1 Å². The van der Waals surface area contributed by atoms with Gasteiger partial charge in [-0.2, -0.15) is 0 Å². The second-order valence-corrected chi connectivity index (χ2v) is 5.19. The van der Waals surface area contributed by atoms with Crippen LogP contribution in [0.4, 0.5) is 0 Å². The third-order valence-electron chi connectivity index (χ3n) is 1.65. The summed E-state index contributed by atoms with van der Waals surface area (Å²) in [7, 11) is 1.25. The summed E-state index contributed by atoms with van der Waals surface area (Å²) >= 11 is 0. The lowest BCUT2D eigenvalue weighted by atomic mass is 10.2. The average Bonchev–Trinajstić information content (AvgIpc) is 2.17. The van der Waals surface area contributed by atoms with E-state index < -0.39 is 15.0 Å². The minimum absolute atomic E-state index is 0.0469. The first-order chi connectivity index (χ1) is 6.96. The van der Waals surface area contributed by atoms with Crippen molar-refractivity contribution in [2.75, 3.05) is 6.61 Å². The number of esters is 1. The second-order valence-electron chi connectivity index (χ2n) is 2.65. The summed E-state index contributed by atoms with van der Waals surface area (Å²) in [6.45, 7) is 1.81. The van der Waals surface area contributed by atoms with Crippen LogP contribution in [0.2, 0.25) is 0 Å². The topological polar surface area (TPSA) is 60.4 Å². The number of carbonyl (C=O) groups is 1. The third-order valence-corrected chi connectivity index (χ3v) is 3.03. The first-order valence-corrected chi connectivity index (χ1v) is 6.48. The van der Waals surface area contributed by atoms with Crippen LogP contribution in [0.1, 0.15) is 17.3 Å². The summed E-state index contributed by atoms with van der Waals surface area (Å²) in [6.07, 6.45) is 0. The van der Waals surface area contributed by atoms with Gasteiger partial charge in [-0.15, -0.1) is 0 Å². The fourth-order valence-electron chi connectivity index (χ4n) is 1.06. The first-order valence-electron chi connectivity index (χ1n) is 4.17. The van der Waals surface area contributed by atoms with Gasteiger partial charge in [-0.05, 0) is 19.1 Å². The number of rotatable bonds is 3. The van der Waals surface area contributed by atoms with E-state index in [2.05, 4.69) is 0 Å². The van der Waals surface area contributed by atoms with Gasteiger partial charge in [0.2, 0.25) is 0 Å². The molecule has 0 amide bonds. The van der Waals surface area contributed by atoms with Gasteiger partial charge in [0, 0.05) is 10.7 Å². The van der Waals surface area contributed by atoms with Crippen molar-refractivity contribution in [1.82, 2.24) is 0 Å². The highest BCUT2D eigenvalue weighted by atomic mass is 35.7. The van der Waals surface area contributed by atoms with Crippen LogP contribution in [0.15, 0.2) is 29.2 Å². The third kappa shape index (κ3) is 2.94. The van der Waals surface area contributed by atoms with E-state index in [1.807, 2.05) is 0 Å². The van der Waals surface area contributed by atoms with Crippen molar-refractivity contribution in [1.29, 1.82) is 0 Å². The molecule has 6 heteroatoms. The number of hydrogen-bond acceptors (Lipinski definition) is 4. The van der Waals surface area contributed by atoms with Crippen LogP contribution in [0, 0.1) is 0 Å². The summed E-state index contributed by atoms with van der Waals surface area (Å²) in [4.78, 5) is 11.1. The fraction of sp³-hybridized carbons (Fsp3) is 0.222. The number of carbonyl (C=O) groups excluding carboxylic acids is 1. The summed E-state index contributed by atoms with van der Waals surface area (Å²) in [6, 6.07) is 5.64. The van der Waals surface area contributed by atoms with Crippen LogP contribution in [0.25, 0.3) is 0 Å². The van der Waals surface area contributed by atoms with E-state index in [1.54, 1.807) is 6.92 Å². The van der Waals surface area contributed by atoms with Gasteiger partial charge in [0.05, 0.1) is 17.1 Å². The molecule has 0 saturated carbocycles. The molecule has 0 spiro atoms. The smallest absolute Gasteiger partial charge is 0.339 e. The zero-order valence-corrected chi connectivity index (χ0v) is 9.51. The van der Waals surface area contributed by atoms with Gasteiger partial charge in [0.15, 0.2) is 0 Å². The quantitative estimate of drug-likeness (QED) is 0.604. The summed E-state index contributed by atoms with van der Waals surface area (Å²) < 4.78 is 26.9. The summed E-state index contributed by atoms with van der Waals surface area (Å²) in [5, 5.41) is 0. The Kier molecular flexibility index (Phi) is 3.71. The van der Waals surface area contributed by atoms with Crippen molar-refractivity contribution in [3.8, 4) is 0 Å². The number of halogens is 1. The Bertz CT molecular complexity index is 467. The van der Waals surface area contributed by atoms with Gasteiger partial charge in [0.1, 0.15) is 0 Å². The first kappa shape index (κ1) is 12.0. The average molecular weight is 249 g/mol. The zero-order chi connectivity index (χ0) is 11.5. The van der Waals surface area contributed by atoms with Gasteiger partial charge in [0.25, 0.3) is 9.05 Å². The normalized spacial score (nSPS) is 11.1. The van der Waals surface area contributed by atoms with E-state index in [4.69, 9.17) is 15.4 Å². The number of hydrogen-bond donors (Lipinski definition) is 0. The minimum Gasteiger partial charge on any atom is -0.462 e. The standard InChI is InChI=1S/C9H9ClO4S/c1-2-14-9(11)7-5-3-4-6-8(7)15(10,12)13/h3-6H,2H2,1H3. The van der Waals surface area contributed by atoms with Gasteiger partial charge in [-0.25, -0.2) is 13.2 Å². The Morgan fingerprint density at radius 3 is 2.53 bits per heavy atom. The van der Waals surface area contributed by atoms with Crippen LogP contribution in [0.3, 0.4) is 0 Å². The van der Waals surface area contributed by atoms with E-state index in [0.29, 0.717) is 0 Å². The van der Waals surface area contributed by atoms with Crippen molar-refractivity contribution < 1.29 is 17.9 Å². The largest absolute Gasteiger partial charge is 0.462 e. The molecule has 0 atom stereocenters. The van der Waals surface area contributed by atoms with Gasteiger partial charge >= 0.3 is 5.97 Å². The number of benzene rings is 1. The van der Waals surface area contributed by atoms with Crippen LogP contribution in [-0.4, -0.2) is 21.0 Å². The molecule has 1 aromatic rings. The Labute approximate surface area is 92.2 Å². The lowest BCUT2D eigenvalue weighted by Crippen LogP contribution is -2.09. The van der Waals surface area contributed by atoms with Crippen LogP contribution < -0.4 is 0 Å². The minimum atomic E-state index is -3.93. The zero-order valence-electron chi connectivity index (χ0n) is 7.94. The van der Waals surface area contributed by atoms with Crippen LogP contribution in [0.5, 0.6) is 0 Å². The monoisotopic (exact) mass is 248 g/mol. The molecule has 4 nitrogen and oxygen atoms in total. The Morgan fingerprint density at radius 2 is 2.00 bits per heavy atom. The molecule has 0 N–H and O–H groups in total. The predicted molar refractivity (Wildman–Crippen MR) is 55.4 cm³/mol. The van der Waals surface area contributed by atoms with Crippen LogP contribution >= 0.6 is 10.7 Å². The molecule has 1 aromatic carbocycles. The SMILES string of the molecule is CCOC(=O)c1ccccc1S(=O)(=O)Cl. The molecule has 0 radical (unpaired) electrons. The molecule has 82 valence electrons. The van der Waals surface area contributed by atoms with E-state index in [-0.39, 0.29) is 17.1 Å². The van der Waals surface area contributed by atoms with E-state index in [0.717, 1.165) is 0 Å². The van der Waals surface area contributed by atoms with E-state index >= 15 is 0 Å². The van der Waals surface area contributed by atoms with Gasteiger partial charge in [-0.3, -0.25) is 0 Å². The molecule has 0 saturated heterocycles. The van der Waals surface area contributed by atoms with Crippen molar-refractivity contribution in [3.05, 3.63) is 29.8 Å². The molecular formula is C9H9ClO4S. The maximum atomic E-state index is 11.4. The highest BCUT2D eigenvalue weighted by Gasteiger charge is 2.20. The Morgan fingerprint density at radius 1 is 1.40 bits per heavy atom.